The maximum Gasteiger partial charge on any atom is 0.311 e. The molecule has 2 atom stereocenters. The Bertz CT molecular complexity index is 402. The zero-order valence-electron chi connectivity index (χ0n) is 10.4. The molecule has 0 aliphatic carbocycles. The highest BCUT2D eigenvalue weighted by Crippen LogP contribution is 2.33. The van der Waals surface area contributed by atoms with E-state index in [2.05, 4.69) is 46.9 Å². The normalized spacial score (nSPS) is 23.7. The number of halogens is 1. The van der Waals surface area contributed by atoms with Crippen LogP contribution in [0.2, 0.25) is 0 Å². The van der Waals surface area contributed by atoms with Gasteiger partial charge in [0.2, 0.25) is 0 Å². The first-order valence-electron chi connectivity index (χ1n) is 6.22. The lowest BCUT2D eigenvalue weighted by Gasteiger charge is -2.30. The standard InChI is InChI=1S/C14H17IO3/c1-2-18-14(16)13-9-17-8-7-12(13)10-3-5-11(15)6-4-10/h3-6,12-13H,2,7-9H2,1H3/t12-,13-/m1/s1. The molecule has 0 unspecified atom stereocenters. The fraction of sp³-hybridized carbons (Fsp3) is 0.500. The molecule has 3 nitrogen and oxygen atoms in total. The molecular weight excluding hydrogens is 343 g/mol. The molecule has 0 radical (unpaired) electrons. The van der Waals surface area contributed by atoms with Crippen molar-refractivity contribution in [2.24, 2.45) is 5.92 Å². The number of carbonyl (C=O) groups excluding carboxylic acids is 1. The zero-order chi connectivity index (χ0) is 13.0. The molecule has 1 aromatic carbocycles. The largest absolute Gasteiger partial charge is 0.466 e. The van der Waals surface area contributed by atoms with Crippen molar-refractivity contribution >= 4 is 28.6 Å². The average Bonchev–Trinajstić information content (AvgIpc) is 2.40. The Morgan fingerprint density at radius 3 is 2.83 bits per heavy atom. The van der Waals surface area contributed by atoms with E-state index >= 15 is 0 Å². The van der Waals surface area contributed by atoms with E-state index in [1.54, 1.807) is 0 Å². The molecule has 98 valence electrons. The Balaban J connectivity index is 2.17. The summed E-state index contributed by atoms with van der Waals surface area (Å²) < 4.78 is 11.8. The SMILES string of the molecule is CCOC(=O)[C@@H]1COCC[C@@H]1c1ccc(I)cc1. The van der Waals surface area contributed by atoms with Gasteiger partial charge in [-0.1, -0.05) is 12.1 Å². The number of hydrogen-bond donors (Lipinski definition) is 0. The van der Waals surface area contributed by atoms with Crippen molar-refractivity contribution in [2.75, 3.05) is 19.8 Å². The molecule has 2 rings (SSSR count). The van der Waals surface area contributed by atoms with Crippen LogP contribution >= 0.6 is 22.6 Å². The van der Waals surface area contributed by atoms with Gasteiger partial charge >= 0.3 is 5.97 Å². The summed E-state index contributed by atoms with van der Waals surface area (Å²) in [5.41, 5.74) is 1.21. The molecule has 1 aliphatic rings. The van der Waals surface area contributed by atoms with E-state index in [1.807, 2.05) is 6.92 Å². The van der Waals surface area contributed by atoms with Gasteiger partial charge < -0.3 is 9.47 Å². The minimum Gasteiger partial charge on any atom is -0.466 e. The summed E-state index contributed by atoms with van der Waals surface area (Å²) in [5, 5.41) is 0. The summed E-state index contributed by atoms with van der Waals surface area (Å²) in [7, 11) is 0. The van der Waals surface area contributed by atoms with Crippen molar-refractivity contribution in [3.63, 3.8) is 0 Å². The summed E-state index contributed by atoms with van der Waals surface area (Å²) in [6.45, 7) is 3.44. The van der Waals surface area contributed by atoms with Crippen LogP contribution in [0.5, 0.6) is 0 Å². The molecular formula is C14H17IO3. The fourth-order valence-electron chi connectivity index (χ4n) is 2.33. The lowest BCUT2D eigenvalue weighted by Crippen LogP contribution is -2.33. The summed E-state index contributed by atoms with van der Waals surface area (Å²) >= 11 is 2.28. The van der Waals surface area contributed by atoms with Gasteiger partial charge in [-0.2, -0.15) is 0 Å². The van der Waals surface area contributed by atoms with E-state index in [0.29, 0.717) is 19.8 Å². The minimum absolute atomic E-state index is 0.138. The number of esters is 1. The summed E-state index contributed by atoms with van der Waals surface area (Å²) in [4.78, 5) is 11.9. The quantitative estimate of drug-likeness (QED) is 0.614. The predicted molar refractivity (Wildman–Crippen MR) is 77.5 cm³/mol. The average molecular weight is 360 g/mol. The molecule has 0 amide bonds. The van der Waals surface area contributed by atoms with Crippen LogP contribution in [0.15, 0.2) is 24.3 Å². The minimum atomic E-state index is -0.168. The van der Waals surface area contributed by atoms with Crippen LogP contribution in [0.4, 0.5) is 0 Å². The Hall–Kier alpha value is -0.620. The van der Waals surface area contributed by atoms with Crippen molar-refractivity contribution in [2.45, 2.75) is 19.3 Å². The molecule has 1 fully saturated rings. The van der Waals surface area contributed by atoms with Gasteiger partial charge in [-0.05, 0) is 53.6 Å². The zero-order valence-corrected chi connectivity index (χ0v) is 12.6. The van der Waals surface area contributed by atoms with E-state index in [4.69, 9.17) is 9.47 Å². The van der Waals surface area contributed by atoms with E-state index in [1.165, 1.54) is 9.13 Å². The first kappa shape index (κ1) is 13.8. The Morgan fingerprint density at radius 2 is 2.17 bits per heavy atom. The van der Waals surface area contributed by atoms with Crippen molar-refractivity contribution in [3.8, 4) is 0 Å². The van der Waals surface area contributed by atoms with Gasteiger partial charge in [0.05, 0.1) is 19.1 Å². The smallest absolute Gasteiger partial charge is 0.311 e. The van der Waals surface area contributed by atoms with Crippen LogP contribution in [0.25, 0.3) is 0 Å². The van der Waals surface area contributed by atoms with Crippen molar-refractivity contribution in [1.82, 2.24) is 0 Å². The molecule has 0 spiro atoms. The van der Waals surface area contributed by atoms with Crippen LogP contribution in [-0.4, -0.2) is 25.8 Å². The Kier molecular flexibility index (Phi) is 5.00. The van der Waals surface area contributed by atoms with Crippen LogP contribution in [0.1, 0.15) is 24.8 Å². The second kappa shape index (κ2) is 6.52. The number of benzene rings is 1. The first-order chi connectivity index (χ1) is 8.72. The van der Waals surface area contributed by atoms with Crippen molar-refractivity contribution < 1.29 is 14.3 Å². The maximum atomic E-state index is 11.9. The number of hydrogen-bond acceptors (Lipinski definition) is 3. The molecule has 0 bridgehead atoms. The van der Waals surface area contributed by atoms with Gasteiger partial charge in [-0.15, -0.1) is 0 Å². The topological polar surface area (TPSA) is 35.5 Å². The first-order valence-corrected chi connectivity index (χ1v) is 7.30. The number of rotatable bonds is 3. The second-order valence-corrected chi connectivity index (χ2v) is 5.63. The molecule has 1 aliphatic heterocycles. The van der Waals surface area contributed by atoms with Gasteiger partial charge in [0.1, 0.15) is 0 Å². The van der Waals surface area contributed by atoms with Crippen LogP contribution in [-0.2, 0) is 14.3 Å². The van der Waals surface area contributed by atoms with Crippen LogP contribution in [0, 0.1) is 9.49 Å². The van der Waals surface area contributed by atoms with Gasteiger partial charge in [0, 0.05) is 16.1 Å². The van der Waals surface area contributed by atoms with Crippen LogP contribution < -0.4 is 0 Å². The molecule has 0 aromatic heterocycles. The third kappa shape index (κ3) is 3.23. The fourth-order valence-corrected chi connectivity index (χ4v) is 2.69. The van der Waals surface area contributed by atoms with Gasteiger partial charge in [0.25, 0.3) is 0 Å². The number of carbonyl (C=O) groups is 1. The summed E-state index contributed by atoms with van der Waals surface area (Å²) in [6, 6.07) is 8.36. The third-order valence-corrected chi connectivity index (χ3v) is 3.96. The second-order valence-electron chi connectivity index (χ2n) is 4.38. The highest BCUT2D eigenvalue weighted by molar-refractivity contribution is 14.1. The molecule has 1 heterocycles. The predicted octanol–water partition coefficient (Wildman–Crippen LogP) is 2.97. The molecule has 1 saturated heterocycles. The molecule has 0 N–H and O–H groups in total. The lowest BCUT2D eigenvalue weighted by molar-refractivity contribution is -0.153. The third-order valence-electron chi connectivity index (χ3n) is 3.24. The van der Waals surface area contributed by atoms with Gasteiger partial charge in [-0.3, -0.25) is 4.79 Å². The highest BCUT2D eigenvalue weighted by Gasteiger charge is 2.33. The van der Waals surface area contributed by atoms with E-state index in [-0.39, 0.29) is 17.8 Å². The van der Waals surface area contributed by atoms with Crippen molar-refractivity contribution in [3.05, 3.63) is 33.4 Å². The van der Waals surface area contributed by atoms with Crippen LogP contribution in [0.3, 0.4) is 0 Å². The van der Waals surface area contributed by atoms with Gasteiger partial charge in [-0.25, -0.2) is 0 Å². The monoisotopic (exact) mass is 360 g/mol. The number of ether oxygens (including phenoxy) is 2. The molecule has 4 heteroatoms. The summed E-state index contributed by atoms with van der Waals surface area (Å²) in [6.07, 6.45) is 0.879. The van der Waals surface area contributed by atoms with E-state index < -0.39 is 0 Å². The highest BCUT2D eigenvalue weighted by atomic mass is 127. The van der Waals surface area contributed by atoms with Crippen molar-refractivity contribution in [1.29, 1.82) is 0 Å². The van der Waals surface area contributed by atoms with E-state index in [0.717, 1.165) is 6.42 Å². The van der Waals surface area contributed by atoms with E-state index in [9.17, 15) is 4.79 Å². The lowest BCUT2D eigenvalue weighted by atomic mass is 9.83. The Morgan fingerprint density at radius 1 is 1.44 bits per heavy atom. The Labute approximate surface area is 121 Å². The molecule has 1 aromatic rings. The maximum absolute atomic E-state index is 11.9. The van der Waals surface area contributed by atoms with Gasteiger partial charge in [0.15, 0.2) is 0 Å². The molecule has 0 saturated carbocycles. The summed E-state index contributed by atoms with van der Waals surface area (Å²) in [5.74, 6) is -0.0886. The molecule has 18 heavy (non-hydrogen) atoms.